The van der Waals surface area contributed by atoms with E-state index in [0.717, 1.165) is 49.7 Å². The predicted molar refractivity (Wildman–Crippen MR) is 84.2 cm³/mol. The Balaban J connectivity index is 2.83. The van der Waals surface area contributed by atoms with Crippen molar-refractivity contribution in [1.29, 1.82) is 0 Å². The van der Waals surface area contributed by atoms with E-state index in [1.165, 1.54) is 0 Å². The van der Waals surface area contributed by atoms with Crippen LogP contribution in [0.15, 0.2) is 6.07 Å². The minimum absolute atomic E-state index is 0.0737. The van der Waals surface area contributed by atoms with Crippen LogP contribution in [0.3, 0.4) is 0 Å². The average Bonchev–Trinajstić information content (AvgIpc) is 2.49. The van der Waals surface area contributed by atoms with Gasteiger partial charge in [-0.05, 0) is 19.3 Å². The summed E-state index contributed by atoms with van der Waals surface area (Å²) < 4.78 is 0. The fourth-order valence-corrected chi connectivity index (χ4v) is 2.11. The van der Waals surface area contributed by atoms with Gasteiger partial charge in [0.2, 0.25) is 0 Å². The maximum absolute atomic E-state index is 9.61. The first kappa shape index (κ1) is 16.7. The largest absolute Gasteiger partial charge is 0.396 e. The highest BCUT2D eigenvalue weighted by Crippen LogP contribution is 2.26. The van der Waals surface area contributed by atoms with Gasteiger partial charge in [-0.25, -0.2) is 9.97 Å². The van der Waals surface area contributed by atoms with E-state index < -0.39 is 0 Å². The summed E-state index contributed by atoms with van der Waals surface area (Å²) >= 11 is 0. The van der Waals surface area contributed by atoms with Gasteiger partial charge in [0.15, 0.2) is 0 Å². The number of hydrogen-bond donors (Lipinski definition) is 3. The second kappa shape index (κ2) is 8.04. The highest BCUT2D eigenvalue weighted by molar-refractivity contribution is 5.47. The molecule has 0 unspecified atom stereocenters. The van der Waals surface area contributed by atoms with Gasteiger partial charge in [-0.15, -0.1) is 0 Å². The van der Waals surface area contributed by atoms with Crippen molar-refractivity contribution >= 4 is 11.6 Å². The van der Waals surface area contributed by atoms with Crippen molar-refractivity contribution in [3.63, 3.8) is 0 Å². The van der Waals surface area contributed by atoms with Gasteiger partial charge in [0.1, 0.15) is 17.5 Å². The van der Waals surface area contributed by atoms with Crippen molar-refractivity contribution in [3.05, 3.63) is 11.9 Å². The van der Waals surface area contributed by atoms with E-state index in [1.807, 2.05) is 13.1 Å². The molecule has 5 nitrogen and oxygen atoms in total. The van der Waals surface area contributed by atoms with Crippen molar-refractivity contribution in [2.24, 2.45) is 5.41 Å². The first-order valence-corrected chi connectivity index (χ1v) is 7.53. The van der Waals surface area contributed by atoms with E-state index >= 15 is 0 Å². The number of nitrogens with one attached hydrogen (secondary N) is 2. The molecular weight excluding hydrogens is 252 g/mol. The number of nitrogens with zero attached hydrogens (tertiary/aromatic N) is 2. The monoisotopic (exact) mass is 280 g/mol. The Morgan fingerprint density at radius 1 is 1.15 bits per heavy atom. The second-order valence-corrected chi connectivity index (χ2v) is 5.27. The van der Waals surface area contributed by atoms with Crippen LogP contribution < -0.4 is 10.6 Å². The minimum Gasteiger partial charge on any atom is -0.396 e. The average molecular weight is 280 g/mol. The summed E-state index contributed by atoms with van der Waals surface area (Å²) in [6, 6.07) is 1.91. The third-order valence-corrected chi connectivity index (χ3v) is 3.98. The van der Waals surface area contributed by atoms with Crippen LogP contribution in [0.1, 0.15) is 45.9 Å². The van der Waals surface area contributed by atoms with E-state index in [0.29, 0.717) is 0 Å². The standard InChI is InChI=1S/C15H28N4O/c1-5-8-12-18-13(16-4)9-14(19-12)17-10-15(6-2,7-3)11-20/h9,20H,5-8,10-11H2,1-4H3,(H2,16,17,18,19). The van der Waals surface area contributed by atoms with Gasteiger partial charge in [0.25, 0.3) is 0 Å². The van der Waals surface area contributed by atoms with E-state index in [-0.39, 0.29) is 12.0 Å². The molecule has 20 heavy (non-hydrogen) atoms. The van der Waals surface area contributed by atoms with Crippen molar-refractivity contribution in [2.45, 2.75) is 46.5 Å². The molecule has 0 aliphatic carbocycles. The first-order chi connectivity index (χ1) is 9.62. The second-order valence-electron chi connectivity index (χ2n) is 5.27. The van der Waals surface area contributed by atoms with Crippen LogP contribution in [0.2, 0.25) is 0 Å². The van der Waals surface area contributed by atoms with Crippen LogP contribution in [-0.2, 0) is 6.42 Å². The lowest BCUT2D eigenvalue weighted by Gasteiger charge is -2.29. The summed E-state index contributed by atoms with van der Waals surface area (Å²) in [6.07, 6.45) is 3.78. The fourth-order valence-electron chi connectivity index (χ4n) is 2.11. The van der Waals surface area contributed by atoms with Crippen LogP contribution >= 0.6 is 0 Å². The lowest BCUT2D eigenvalue weighted by atomic mass is 9.83. The summed E-state index contributed by atoms with van der Waals surface area (Å²) in [5, 5.41) is 16.0. The Labute approximate surface area is 122 Å². The predicted octanol–water partition coefficient (Wildman–Crippen LogP) is 2.68. The fraction of sp³-hybridized carbons (Fsp3) is 0.733. The molecule has 3 N–H and O–H groups in total. The number of aliphatic hydroxyl groups excluding tert-OH is 1. The first-order valence-electron chi connectivity index (χ1n) is 7.53. The number of aryl methyl sites for hydroxylation is 1. The zero-order valence-electron chi connectivity index (χ0n) is 13.2. The summed E-state index contributed by atoms with van der Waals surface area (Å²) in [5.74, 6) is 2.51. The van der Waals surface area contributed by atoms with Crippen LogP contribution in [0.25, 0.3) is 0 Å². The number of hydrogen-bond acceptors (Lipinski definition) is 5. The third kappa shape index (κ3) is 4.34. The van der Waals surface area contributed by atoms with Crippen LogP contribution in [-0.4, -0.2) is 35.3 Å². The van der Waals surface area contributed by atoms with Gasteiger partial charge < -0.3 is 15.7 Å². The van der Waals surface area contributed by atoms with Gasteiger partial charge in [0, 0.05) is 31.5 Å². The van der Waals surface area contributed by atoms with Crippen LogP contribution in [0.5, 0.6) is 0 Å². The number of aromatic nitrogens is 2. The SMILES string of the molecule is CCCc1nc(NC)cc(NCC(CC)(CC)CO)n1. The van der Waals surface area contributed by atoms with Crippen LogP contribution in [0, 0.1) is 5.41 Å². The number of rotatable bonds is 9. The van der Waals surface area contributed by atoms with E-state index in [9.17, 15) is 5.11 Å². The molecule has 0 bridgehead atoms. The summed E-state index contributed by atoms with van der Waals surface area (Å²) in [7, 11) is 1.86. The Morgan fingerprint density at radius 3 is 2.30 bits per heavy atom. The lowest BCUT2D eigenvalue weighted by Crippen LogP contribution is -2.32. The molecule has 5 heteroatoms. The topological polar surface area (TPSA) is 70.1 Å². The molecule has 1 heterocycles. The van der Waals surface area contributed by atoms with Crippen molar-refractivity contribution < 1.29 is 5.11 Å². The van der Waals surface area contributed by atoms with E-state index in [1.54, 1.807) is 0 Å². The minimum atomic E-state index is -0.0737. The molecule has 0 radical (unpaired) electrons. The van der Waals surface area contributed by atoms with Crippen molar-refractivity contribution in [3.8, 4) is 0 Å². The Kier molecular flexibility index (Phi) is 6.71. The summed E-state index contributed by atoms with van der Waals surface area (Å²) in [5.41, 5.74) is -0.0737. The zero-order chi connectivity index (χ0) is 15.0. The molecular formula is C15H28N4O. The Bertz CT molecular complexity index is 397. The number of anilines is 2. The summed E-state index contributed by atoms with van der Waals surface area (Å²) in [6.45, 7) is 7.26. The van der Waals surface area contributed by atoms with Gasteiger partial charge in [-0.3, -0.25) is 0 Å². The van der Waals surface area contributed by atoms with Gasteiger partial charge in [0.05, 0.1) is 6.61 Å². The molecule has 0 spiro atoms. The Morgan fingerprint density at radius 2 is 1.80 bits per heavy atom. The van der Waals surface area contributed by atoms with Gasteiger partial charge >= 0.3 is 0 Å². The molecule has 1 aromatic rings. The molecule has 0 fully saturated rings. The smallest absolute Gasteiger partial charge is 0.133 e. The molecule has 0 aliphatic rings. The van der Waals surface area contributed by atoms with E-state index in [2.05, 4.69) is 41.4 Å². The molecule has 1 rings (SSSR count). The molecule has 0 aromatic carbocycles. The van der Waals surface area contributed by atoms with Crippen molar-refractivity contribution in [2.75, 3.05) is 30.8 Å². The molecule has 0 amide bonds. The molecule has 0 saturated carbocycles. The molecule has 0 aliphatic heterocycles. The number of aliphatic hydroxyl groups is 1. The van der Waals surface area contributed by atoms with Crippen molar-refractivity contribution in [1.82, 2.24) is 9.97 Å². The van der Waals surface area contributed by atoms with Gasteiger partial charge in [-0.1, -0.05) is 20.8 Å². The zero-order valence-corrected chi connectivity index (χ0v) is 13.2. The third-order valence-electron chi connectivity index (χ3n) is 3.98. The maximum Gasteiger partial charge on any atom is 0.133 e. The van der Waals surface area contributed by atoms with Crippen LogP contribution in [0.4, 0.5) is 11.6 Å². The van der Waals surface area contributed by atoms with Gasteiger partial charge in [-0.2, -0.15) is 0 Å². The lowest BCUT2D eigenvalue weighted by molar-refractivity contribution is 0.127. The summed E-state index contributed by atoms with van der Waals surface area (Å²) in [4.78, 5) is 8.97. The van der Waals surface area contributed by atoms with E-state index in [4.69, 9.17) is 0 Å². The molecule has 114 valence electrons. The normalized spacial score (nSPS) is 11.4. The molecule has 0 atom stereocenters. The Hall–Kier alpha value is -1.36. The quantitative estimate of drug-likeness (QED) is 0.649. The maximum atomic E-state index is 9.61. The highest BCUT2D eigenvalue weighted by Gasteiger charge is 2.25. The molecule has 1 aromatic heterocycles. The molecule has 0 saturated heterocycles. The highest BCUT2D eigenvalue weighted by atomic mass is 16.3.